The third kappa shape index (κ3) is 4.01. The van der Waals surface area contributed by atoms with Gasteiger partial charge in [0.25, 0.3) is 0 Å². The molecule has 2 aromatic rings. The fourth-order valence-corrected chi connectivity index (χ4v) is 5.55. The first-order valence-electron chi connectivity index (χ1n) is 11.2. The number of piperidine rings is 1. The molecule has 29 heavy (non-hydrogen) atoms. The highest BCUT2D eigenvalue weighted by Gasteiger charge is 2.33. The van der Waals surface area contributed by atoms with Crippen LogP contribution in [0, 0.1) is 0 Å². The van der Waals surface area contributed by atoms with Crippen molar-refractivity contribution < 1.29 is 4.74 Å². The Morgan fingerprint density at radius 3 is 2.10 bits per heavy atom. The molecule has 5 rings (SSSR count). The smallest absolute Gasteiger partial charge is 0.119 e. The zero-order valence-electron chi connectivity index (χ0n) is 17.6. The summed E-state index contributed by atoms with van der Waals surface area (Å²) in [5.41, 5.74) is 4.47. The first-order valence-corrected chi connectivity index (χ1v) is 11.2. The highest BCUT2D eigenvalue weighted by atomic mass is 16.5. The van der Waals surface area contributed by atoms with E-state index in [0.29, 0.717) is 0 Å². The molecule has 1 atom stereocenters. The maximum atomic E-state index is 5.29. The lowest BCUT2D eigenvalue weighted by Crippen LogP contribution is -2.56. The normalized spacial score (nSPS) is 23.9. The molecule has 0 spiro atoms. The van der Waals surface area contributed by atoms with Crippen molar-refractivity contribution in [1.29, 1.82) is 0 Å². The van der Waals surface area contributed by atoms with Crippen LogP contribution in [0.4, 0.5) is 5.69 Å². The predicted octanol–water partition coefficient (Wildman–Crippen LogP) is 3.45. The number of anilines is 1. The van der Waals surface area contributed by atoms with Crippen molar-refractivity contribution in [1.82, 2.24) is 9.80 Å². The minimum absolute atomic E-state index is 0.718. The van der Waals surface area contributed by atoms with E-state index in [4.69, 9.17) is 4.74 Å². The van der Waals surface area contributed by atoms with Crippen LogP contribution in [0.1, 0.15) is 24.0 Å². The third-order valence-electron chi connectivity index (χ3n) is 7.24. The van der Waals surface area contributed by atoms with E-state index in [-0.39, 0.29) is 0 Å². The number of hydrogen-bond donors (Lipinski definition) is 0. The van der Waals surface area contributed by atoms with E-state index in [1.165, 1.54) is 57.5 Å². The number of ether oxygens (including phenoxy) is 1. The third-order valence-corrected chi connectivity index (χ3v) is 7.24. The second-order valence-corrected chi connectivity index (χ2v) is 8.84. The fourth-order valence-electron chi connectivity index (χ4n) is 5.55. The summed E-state index contributed by atoms with van der Waals surface area (Å²) in [4.78, 5) is 8.07. The first kappa shape index (κ1) is 19.0. The van der Waals surface area contributed by atoms with Crippen LogP contribution < -0.4 is 9.64 Å². The molecule has 3 aliphatic rings. The van der Waals surface area contributed by atoms with Gasteiger partial charge >= 0.3 is 0 Å². The number of piperazine rings is 1. The molecule has 4 nitrogen and oxygen atoms in total. The molecule has 0 aromatic heterocycles. The fraction of sp³-hybridized carbons (Fsp3) is 0.520. The van der Waals surface area contributed by atoms with Crippen molar-refractivity contribution in [2.24, 2.45) is 0 Å². The monoisotopic (exact) mass is 391 g/mol. The summed E-state index contributed by atoms with van der Waals surface area (Å²) in [6, 6.07) is 19.0. The maximum Gasteiger partial charge on any atom is 0.119 e. The Morgan fingerprint density at radius 2 is 1.45 bits per heavy atom. The Hall–Kier alpha value is -2.04. The van der Waals surface area contributed by atoms with E-state index >= 15 is 0 Å². The lowest BCUT2D eigenvalue weighted by molar-refractivity contribution is 0.0696. The average Bonchev–Trinajstić information content (AvgIpc) is 3.24. The average molecular weight is 392 g/mol. The molecular weight excluding hydrogens is 358 g/mol. The SMILES string of the molecule is COc1ccc(N2CCN(C3CCCN(C4Cc5ccccc5C4)C3)CC2)cc1. The molecule has 2 aromatic carbocycles. The summed E-state index contributed by atoms with van der Waals surface area (Å²) in [6.45, 7) is 7.13. The van der Waals surface area contributed by atoms with Crippen molar-refractivity contribution in [2.75, 3.05) is 51.3 Å². The van der Waals surface area contributed by atoms with Crippen LogP contribution in [0.2, 0.25) is 0 Å². The lowest BCUT2D eigenvalue weighted by Gasteiger charge is -2.45. The Morgan fingerprint density at radius 1 is 0.759 bits per heavy atom. The quantitative estimate of drug-likeness (QED) is 0.795. The van der Waals surface area contributed by atoms with Gasteiger partial charge in [-0.1, -0.05) is 24.3 Å². The number of methoxy groups -OCH3 is 1. The van der Waals surface area contributed by atoms with E-state index in [0.717, 1.165) is 30.9 Å². The Balaban J connectivity index is 1.16. The van der Waals surface area contributed by atoms with Gasteiger partial charge in [-0.3, -0.25) is 9.80 Å². The first-order chi connectivity index (χ1) is 14.3. The summed E-state index contributed by atoms with van der Waals surface area (Å²) in [6.07, 6.45) is 5.19. The van der Waals surface area contributed by atoms with Gasteiger partial charge in [0.1, 0.15) is 5.75 Å². The van der Waals surface area contributed by atoms with E-state index in [1.54, 1.807) is 18.2 Å². The largest absolute Gasteiger partial charge is 0.497 e. The minimum atomic E-state index is 0.718. The van der Waals surface area contributed by atoms with Crippen LogP contribution in [0.15, 0.2) is 48.5 Å². The summed E-state index contributed by atoms with van der Waals surface area (Å²) in [5.74, 6) is 0.934. The summed E-state index contributed by atoms with van der Waals surface area (Å²) >= 11 is 0. The van der Waals surface area contributed by atoms with Crippen molar-refractivity contribution in [3.8, 4) is 5.75 Å². The molecule has 2 fully saturated rings. The molecule has 2 heterocycles. The molecule has 0 amide bonds. The van der Waals surface area contributed by atoms with Gasteiger partial charge in [-0.05, 0) is 67.6 Å². The van der Waals surface area contributed by atoms with Crippen LogP contribution in [0.3, 0.4) is 0 Å². The molecule has 0 N–H and O–H groups in total. The number of benzene rings is 2. The van der Waals surface area contributed by atoms with Gasteiger partial charge in [-0.15, -0.1) is 0 Å². The van der Waals surface area contributed by atoms with E-state index in [1.807, 2.05) is 0 Å². The second-order valence-electron chi connectivity index (χ2n) is 8.84. The number of hydrogen-bond acceptors (Lipinski definition) is 4. The Bertz CT molecular complexity index is 788. The molecule has 2 saturated heterocycles. The molecule has 1 aliphatic carbocycles. The zero-order valence-corrected chi connectivity index (χ0v) is 17.6. The number of nitrogens with zero attached hydrogens (tertiary/aromatic N) is 3. The van der Waals surface area contributed by atoms with E-state index in [2.05, 4.69) is 63.2 Å². The Labute approximate surface area is 175 Å². The van der Waals surface area contributed by atoms with Crippen LogP contribution in [-0.4, -0.2) is 68.3 Å². The zero-order chi connectivity index (χ0) is 19.6. The lowest BCUT2D eigenvalue weighted by atomic mass is 10.00. The second kappa shape index (κ2) is 8.37. The summed E-state index contributed by atoms with van der Waals surface area (Å²) in [5, 5.41) is 0. The highest BCUT2D eigenvalue weighted by molar-refractivity contribution is 5.49. The molecule has 2 aliphatic heterocycles. The van der Waals surface area contributed by atoms with Crippen LogP contribution >= 0.6 is 0 Å². The van der Waals surface area contributed by atoms with Gasteiger partial charge in [0.05, 0.1) is 7.11 Å². The van der Waals surface area contributed by atoms with E-state index in [9.17, 15) is 0 Å². The van der Waals surface area contributed by atoms with Crippen molar-refractivity contribution in [3.05, 3.63) is 59.7 Å². The summed E-state index contributed by atoms with van der Waals surface area (Å²) in [7, 11) is 1.73. The molecule has 0 saturated carbocycles. The standard InChI is InChI=1S/C25H33N3O/c1-29-25-10-8-22(9-11-25)26-13-15-27(16-14-26)23-7-4-12-28(19-23)24-17-20-5-2-3-6-21(20)18-24/h2-3,5-6,8-11,23-24H,4,7,12-19H2,1H3. The van der Waals surface area contributed by atoms with Gasteiger partial charge in [0.15, 0.2) is 0 Å². The maximum absolute atomic E-state index is 5.29. The van der Waals surface area contributed by atoms with Crippen LogP contribution in [-0.2, 0) is 12.8 Å². The number of likely N-dealkylation sites (tertiary alicyclic amines) is 1. The Kier molecular flexibility index (Phi) is 5.47. The van der Waals surface area contributed by atoms with Crippen molar-refractivity contribution in [2.45, 2.75) is 37.8 Å². The van der Waals surface area contributed by atoms with Gasteiger partial charge in [0, 0.05) is 50.5 Å². The topological polar surface area (TPSA) is 19.0 Å². The highest BCUT2D eigenvalue weighted by Crippen LogP contribution is 2.29. The minimum Gasteiger partial charge on any atom is -0.497 e. The van der Waals surface area contributed by atoms with Gasteiger partial charge in [-0.2, -0.15) is 0 Å². The van der Waals surface area contributed by atoms with E-state index < -0.39 is 0 Å². The van der Waals surface area contributed by atoms with Gasteiger partial charge < -0.3 is 9.64 Å². The van der Waals surface area contributed by atoms with Crippen molar-refractivity contribution >= 4 is 5.69 Å². The molecule has 1 unspecified atom stereocenters. The predicted molar refractivity (Wildman–Crippen MR) is 119 cm³/mol. The van der Waals surface area contributed by atoms with Crippen LogP contribution in [0.5, 0.6) is 5.75 Å². The molecule has 0 bridgehead atoms. The van der Waals surface area contributed by atoms with Gasteiger partial charge in [0.2, 0.25) is 0 Å². The van der Waals surface area contributed by atoms with Gasteiger partial charge in [-0.25, -0.2) is 0 Å². The van der Waals surface area contributed by atoms with Crippen molar-refractivity contribution in [3.63, 3.8) is 0 Å². The summed E-state index contributed by atoms with van der Waals surface area (Å²) < 4.78 is 5.29. The molecular formula is C25H33N3O. The molecule has 4 heteroatoms. The molecule has 0 radical (unpaired) electrons. The van der Waals surface area contributed by atoms with Crippen LogP contribution in [0.25, 0.3) is 0 Å². The number of rotatable bonds is 4. The molecule has 154 valence electrons. The number of fused-ring (bicyclic) bond motifs is 1.